The quantitative estimate of drug-likeness (QED) is 0.270. The summed E-state index contributed by atoms with van der Waals surface area (Å²) < 4.78 is 7.01. The van der Waals surface area contributed by atoms with Crippen LogP contribution in [0.4, 0.5) is 5.95 Å². The number of nitrogens with one attached hydrogen (secondary N) is 1. The number of hydrogen-bond acceptors (Lipinski definition) is 7. The molecule has 6 rings (SSSR count). The highest BCUT2D eigenvalue weighted by molar-refractivity contribution is 6.30. The summed E-state index contributed by atoms with van der Waals surface area (Å²) in [5.41, 5.74) is 4.06. The van der Waals surface area contributed by atoms with Gasteiger partial charge < -0.3 is 9.47 Å². The number of aromatic amines is 1. The summed E-state index contributed by atoms with van der Waals surface area (Å²) >= 11 is 6.41. The third kappa shape index (κ3) is 5.31. The molecule has 1 saturated carbocycles. The van der Waals surface area contributed by atoms with Crippen LogP contribution in [0.25, 0.3) is 34.1 Å². The van der Waals surface area contributed by atoms with E-state index >= 15 is 0 Å². The summed E-state index contributed by atoms with van der Waals surface area (Å²) in [6, 6.07) is 17.9. The van der Waals surface area contributed by atoms with Crippen LogP contribution >= 0.6 is 11.6 Å². The molecule has 5 aromatic rings. The van der Waals surface area contributed by atoms with Gasteiger partial charge in [0.2, 0.25) is 17.6 Å². The third-order valence-corrected chi connectivity index (χ3v) is 7.75. The van der Waals surface area contributed by atoms with Gasteiger partial charge in [-0.15, -0.1) is 0 Å². The van der Waals surface area contributed by atoms with E-state index in [-0.39, 0.29) is 11.6 Å². The van der Waals surface area contributed by atoms with Crippen LogP contribution in [0.5, 0.6) is 0 Å². The molecular weight excluding hydrogens is 514 g/mol. The van der Waals surface area contributed by atoms with Gasteiger partial charge in [0.1, 0.15) is 11.2 Å². The van der Waals surface area contributed by atoms with Crippen molar-refractivity contribution in [3.63, 3.8) is 0 Å². The summed E-state index contributed by atoms with van der Waals surface area (Å²) in [6.07, 6.45) is 4.81. The van der Waals surface area contributed by atoms with Crippen molar-refractivity contribution in [3.8, 4) is 22.9 Å². The summed E-state index contributed by atoms with van der Waals surface area (Å²) in [6.45, 7) is 3.84. The minimum atomic E-state index is -0.668. The van der Waals surface area contributed by atoms with Crippen molar-refractivity contribution in [1.82, 2.24) is 29.7 Å². The van der Waals surface area contributed by atoms with Gasteiger partial charge in [0.15, 0.2) is 5.65 Å². The number of aromatic nitrogens is 6. The van der Waals surface area contributed by atoms with E-state index in [1.807, 2.05) is 42.5 Å². The molecule has 10 heteroatoms. The SMILES string of the molecule is CC1CCC(Cn2c(N(C)Cc3ccccc3)nc3nc(-c4noc(=O)[nH]4)nc(-c4cccc(Cl)c4)c32)CC1. The highest BCUT2D eigenvalue weighted by Crippen LogP contribution is 2.36. The van der Waals surface area contributed by atoms with Crippen molar-refractivity contribution in [2.45, 2.75) is 45.7 Å². The topological polar surface area (TPSA) is 106 Å². The van der Waals surface area contributed by atoms with Crippen LogP contribution in [0.3, 0.4) is 0 Å². The molecule has 0 saturated heterocycles. The van der Waals surface area contributed by atoms with Crippen LogP contribution in [0.15, 0.2) is 63.9 Å². The molecule has 3 aromatic heterocycles. The molecule has 1 aliphatic rings. The van der Waals surface area contributed by atoms with Crippen LogP contribution in [-0.2, 0) is 13.1 Å². The van der Waals surface area contributed by atoms with Crippen LogP contribution in [0.2, 0.25) is 5.02 Å². The maximum Gasteiger partial charge on any atom is 0.439 e. The summed E-state index contributed by atoms with van der Waals surface area (Å²) in [5.74, 6) is 1.82. The van der Waals surface area contributed by atoms with E-state index in [0.717, 1.165) is 29.5 Å². The van der Waals surface area contributed by atoms with Gasteiger partial charge in [-0.25, -0.2) is 14.8 Å². The van der Waals surface area contributed by atoms with E-state index in [1.165, 1.54) is 31.2 Å². The lowest BCUT2D eigenvalue weighted by Crippen LogP contribution is -2.24. The first-order valence-corrected chi connectivity index (χ1v) is 13.7. The third-order valence-electron chi connectivity index (χ3n) is 7.51. The Morgan fingerprint density at radius 2 is 1.85 bits per heavy atom. The fraction of sp³-hybridized carbons (Fsp3) is 0.345. The summed E-state index contributed by atoms with van der Waals surface area (Å²) in [5, 5.41) is 4.43. The Labute approximate surface area is 230 Å². The standard InChI is InChI=1S/C29H30ClN7O2/c1-18-11-13-20(14-12-18)17-37-24-23(21-9-6-10-22(30)15-21)31-26(27-34-29(38)39-35-27)32-25(24)33-28(37)36(2)16-19-7-4-3-5-8-19/h3-10,15,18,20H,11-14,16-17H2,1-2H3,(H,34,35,38). The Bertz CT molecular complexity index is 1650. The van der Waals surface area contributed by atoms with Crippen LogP contribution < -0.4 is 10.7 Å². The number of H-pyrrole nitrogens is 1. The molecule has 0 unspecified atom stereocenters. The van der Waals surface area contributed by atoms with Gasteiger partial charge in [0, 0.05) is 30.7 Å². The fourth-order valence-corrected chi connectivity index (χ4v) is 5.65. The number of rotatable bonds is 7. The zero-order valence-corrected chi connectivity index (χ0v) is 22.7. The number of hydrogen-bond donors (Lipinski definition) is 1. The lowest BCUT2D eigenvalue weighted by atomic mass is 9.83. The second kappa shape index (κ2) is 10.6. The predicted molar refractivity (Wildman–Crippen MR) is 152 cm³/mol. The molecule has 0 radical (unpaired) electrons. The zero-order valence-electron chi connectivity index (χ0n) is 22.0. The summed E-state index contributed by atoms with van der Waals surface area (Å²) in [4.78, 5) is 31.1. The molecule has 2 aromatic carbocycles. The molecule has 1 fully saturated rings. The highest BCUT2D eigenvalue weighted by atomic mass is 35.5. The average Bonchev–Trinajstić information content (AvgIpc) is 3.54. The Morgan fingerprint density at radius 1 is 1.05 bits per heavy atom. The van der Waals surface area contributed by atoms with Gasteiger partial charge in [0.05, 0.1) is 0 Å². The predicted octanol–water partition coefficient (Wildman–Crippen LogP) is 5.95. The lowest BCUT2D eigenvalue weighted by Gasteiger charge is -2.28. The van der Waals surface area contributed by atoms with Crippen molar-refractivity contribution in [2.75, 3.05) is 11.9 Å². The number of nitrogens with zero attached hydrogens (tertiary/aromatic N) is 6. The molecule has 0 bridgehead atoms. The number of anilines is 1. The molecule has 39 heavy (non-hydrogen) atoms. The first-order chi connectivity index (χ1) is 18.9. The average molecular weight is 544 g/mol. The van der Waals surface area contributed by atoms with Crippen molar-refractivity contribution >= 4 is 28.7 Å². The molecule has 1 aliphatic carbocycles. The van der Waals surface area contributed by atoms with Crippen molar-refractivity contribution < 1.29 is 4.52 Å². The molecule has 1 N–H and O–H groups in total. The second-order valence-electron chi connectivity index (χ2n) is 10.5. The maximum absolute atomic E-state index is 11.7. The lowest BCUT2D eigenvalue weighted by molar-refractivity contribution is 0.267. The normalized spacial score (nSPS) is 17.5. The number of halogens is 1. The highest BCUT2D eigenvalue weighted by Gasteiger charge is 2.26. The number of benzene rings is 2. The molecule has 200 valence electrons. The number of imidazole rings is 1. The van der Waals surface area contributed by atoms with Gasteiger partial charge in [0.25, 0.3) is 0 Å². The van der Waals surface area contributed by atoms with Gasteiger partial charge in [-0.1, -0.05) is 79.0 Å². The van der Waals surface area contributed by atoms with E-state index in [1.54, 1.807) is 0 Å². The monoisotopic (exact) mass is 543 g/mol. The summed E-state index contributed by atoms with van der Waals surface area (Å²) in [7, 11) is 2.05. The smallest absolute Gasteiger partial charge is 0.341 e. The molecular formula is C29H30ClN7O2. The molecule has 0 atom stereocenters. The second-order valence-corrected chi connectivity index (χ2v) is 10.9. The fourth-order valence-electron chi connectivity index (χ4n) is 5.46. The Hall–Kier alpha value is -3.98. The van der Waals surface area contributed by atoms with Crippen LogP contribution in [0, 0.1) is 11.8 Å². The maximum atomic E-state index is 11.7. The molecule has 0 amide bonds. The molecule has 0 aliphatic heterocycles. The first-order valence-electron chi connectivity index (χ1n) is 13.3. The van der Waals surface area contributed by atoms with Crippen molar-refractivity contribution in [1.29, 1.82) is 0 Å². The van der Waals surface area contributed by atoms with Gasteiger partial charge >= 0.3 is 5.76 Å². The minimum absolute atomic E-state index is 0.153. The molecule has 9 nitrogen and oxygen atoms in total. The first kappa shape index (κ1) is 25.3. The molecule has 0 spiro atoms. The van der Waals surface area contributed by atoms with Crippen LogP contribution in [0.1, 0.15) is 38.2 Å². The van der Waals surface area contributed by atoms with Gasteiger partial charge in [-0.3, -0.25) is 9.51 Å². The largest absolute Gasteiger partial charge is 0.439 e. The number of fused-ring (bicyclic) bond motifs is 1. The van der Waals surface area contributed by atoms with E-state index < -0.39 is 5.76 Å². The van der Waals surface area contributed by atoms with Gasteiger partial charge in [-0.05, 0) is 42.4 Å². The van der Waals surface area contributed by atoms with E-state index in [0.29, 0.717) is 28.8 Å². The van der Waals surface area contributed by atoms with Gasteiger partial charge in [-0.2, -0.15) is 4.98 Å². The van der Waals surface area contributed by atoms with E-state index in [2.05, 4.69) is 45.7 Å². The zero-order chi connectivity index (χ0) is 26.9. The Morgan fingerprint density at radius 3 is 2.56 bits per heavy atom. The van der Waals surface area contributed by atoms with Crippen LogP contribution in [-0.4, -0.2) is 36.7 Å². The van der Waals surface area contributed by atoms with E-state index in [4.69, 9.17) is 31.1 Å². The Balaban J connectivity index is 1.54. The van der Waals surface area contributed by atoms with Crippen molar-refractivity contribution in [2.24, 2.45) is 11.8 Å². The minimum Gasteiger partial charge on any atom is -0.341 e. The van der Waals surface area contributed by atoms with Crippen molar-refractivity contribution in [3.05, 3.63) is 75.7 Å². The Kier molecular flexibility index (Phi) is 6.91. The molecule has 3 heterocycles. The van der Waals surface area contributed by atoms with E-state index in [9.17, 15) is 4.79 Å².